The van der Waals surface area contributed by atoms with E-state index >= 15 is 0 Å². The first kappa shape index (κ1) is 23.8. The third kappa shape index (κ3) is 5.71. The Balaban J connectivity index is 0.000000403. The lowest BCUT2D eigenvalue weighted by atomic mass is 10.1. The number of halogens is 1. The van der Waals surface area contributed by atoms with Gasteiger partial charge < -0.3 is 9.47 Å². The molecule has 1 N–H and O–H groups in total. The fourth-order valence-electron chi connectivity index (χ4n) is 3.19. The highest BCUT2D eigenvalue weighted by atomic mass is 19.1. The molecule has 3 heterocycles. The van der Waals surface area contributed by atoms with Crippen molar-refractivity contribution in [2.75, 3.05) is 14.2 Å². The van der Waals surface area contributed by atoms with Gasteiger partial charge in [0.25, 0.3) is 0 Å². The van der Waals surface area contributed by atoms with Gasteiger partial charge in [-0.15, -0.1) is 10.2 Å². The van der Waals surface area contributed by atoms with Crippen molar-refractivity contribution in [3.8, 4) is 28.7 Å². The van der Waals surface area contributed by atoms with Crippen LogP contribution < -0.4 is 9.47 Å². The molecule has 0 amide bonds. The maximum absolute atomic E-state index is 12.3. The van der Waals surface area contributed by atoms with Crippen LogP contribution in [0.5, 0.6) is 11.5 Å². The molecule has 0 fully saturated rings. The van der Waals surface area contributed by atoms with Crippen molar-refractivity contribution >= 4 is 0 Å². The minimum absolute atomic E-state index is 0. The Bertz CT molecular complexity index is 1170. The quantitative estimate of drug-likeness (QED) is 0.451. The predicted molar refractivity (Wildman–Crippen MR) is 126 cm³/mol. The number of hydrogen-bond acceptors (Lipinski definition) is 7. The molecule has 0 atom stereocenters. The summed E-state index contributed by atoms with van der Waals surface area (Å²) in [5.74, 6) is 3.55. The summed E-state index contributed by atoms with van der Waals surface area (Å²) in [4.78, 5) is 7.66. The van der Waals surface area contributed by atoms with Gasteiger partial charge in [0.15, 0.2) is 11.6 Å². The smallest absolute Gasteiger partial charge is 0.189 e. The number of nitrogens with one attached hydrogen (secondary N) is 1. The van der Waals surface area contributed by atoms with Crippen LogP contribution in [-0.2, 0) is 6.42 Å². The van der Waals surface area contributed by atoms with E-state index in [9.17, 15) is 4.39 Å². The van der Waals surface area contributed by atoms with E-state index in [-0.39, 0.29) is 8.67 Å². The summed E-state index contributed by atoms with van der Waals surface area (Å²) in [5.41, 5.74) is 2.42. The monoisotopic (exact) mass is 457 g/mol. The van der Waals surface area contributed by atoms with E-state index in [1.165, 1.54) is 12.4 Å². The van der Waals surface area contributed by atoms with E-state index in [0.717, 1.165) is 23.6 Å². The molecule has 1 aromatic carbocycles. The lowest BCUT2D eigenvalue weighted by Crippen LogP contribution is -2.05. The molecule has 0 aliphatic rings. The molecule has 0 unspecified atom stereocenters. The van der Waals surface area contributed by atoms with E-state index in [1.807, 2.05) is 42.7 Å². The fraction of sp³-hybridized carbons (Fsp3) is 0.348. The molecule has 0 aliphatic heterocycles. The Labute approximate surface area is 195 Å². The standard InChI is InChI=1S/C15H17N5O2.C8H11FN2.2H2/c1-9-8-11(18-16-9)15-19-17-10(2)20(15)14-12(21-3)6-5-7-13(14)22-4;1-6(2)3-8-10-4-7(9)5-11-8;;/h5-8H,1-4H3,(H,16,18);4-6H,3H2,1-2H3;2*1H. The van der Waals surface area contributed by atoms with Gasteiger partial charge >= 0.3 is 0 Å². The van der Waals surface area contributed by atoms with E-state index in [1.54, 1.807) is 14.2 Å². The van der Waals surface area contributed by atoms with E-state index in [2.05, 4.69) is 44.2 Å². The van der Waals surface area contributed by atoms with Crippen LogP contribution in [0, 0.1) is 25.6 Å². The van der Waals surface area contributed by atoms with Crippen LogP contribution in [0.4, 0.5) is 4.39 Å². The van der Waals surface area contributed by atoms with Crippen LogP contribution in [0.15, 0.2) is 36.7 Å². The number of ether oxygens (including phenoxy) is 2. The van der Waals surface area contributed by atoms with Crippen LogP contribution >= 0.6 is 0 Å². The van der Waals surface area contributed by atoms with Gasteiger partial charge in [-0.2, -0.15) is 5.10 Å². The lowest BCUT2D eigenvalue weighted by Gasteiger charge is -2.15. The maximum Gasteiger partial charge on any atom is 0.189 e. The molecule has 0 bridgehead atoms. The Morgan fingerprint density at radius 1 is 1.06 bits per heavy atom. The summed E-state index contributed by atoms with van der Waals surface area (Å²) in [6, 6.07) is 7.54. The van der Waals surface area contributed by atoms with Gasteiger partial charge in [-0.1, -0.05) is 19.9 Å². The zero-order valence-electron chi connectivity index (χ0n) is 19.6. The normalized spacial score (nSPS) is 10.7. The molecular weight excluding hydrogens is 425 g/mol. The van der Waals surface area contributed by atoms with Crippen LogP contribution in [0.25, 0.3) is 17.2 Å². The molecule has 0 aliphatic carbocycles. The van der Waals surface area contributed by atoms with Crippen molar-refractivity contribution in [3.63, 3.8) is 0 Å². The molecular formula is C23H32FN7O2. The van der Waals surface area contributed by atoms with E-state index in [0.29, 0.717) is 34.8 Å². The minimum atomic E-state index is -0.377. The van der Waals surface area contributed by atoms with Gasteiger partial charge in [0.05, 0.1) is 26.6 Å². The second kappa shape index (κ2) is 10.7. The van der Waals surface area contributed by atoms with Crippen molar-refractivity contribution < 1.29 is 16.7 Å². The third-order valence-electron chi connectivity index (χ3n) is 4.65. The summed E-state index contributed by atoms with van der Waals surface area (Å²) in [7, 11) is 3.24. The molecule has 178 valence electrons. The molecule has 4 rings (SSSR count). The third-order valence-corrected chi connectivity index (χ3v) is 4.65. The number of H-pyrrole nitrogens is 1. The van der Waals surface area contributed by atoms with Crippen molar-refractivity contribution in [2.24, 2.45) is 5.92 Å². The van der Waals surface area contributed by atoms with Crippen LogP contribution in [0.1, 0.15) is 34.0 Å². The first-order valence-electron chi connectivity index (χ1n) is 10.5. The summed E-state index contributed by atoms with van der Waals surface area (Å²) in [5, 5.41) is 15.6. The van der Waals surface area contributed by atoms with Gasteiger partial charge in [0.2, 0.25) is 0 Å². The summed E-state index contributed by atoms with van der Waals surface area (Å²) < 4.78 is 25.1. The maximum atomic E-state index is 12.3. The topological polar surface area (TPSA) is 104 Å². The molecule has 3 aromatic heterocycles. The fourth-order valence-corrected chi connectivity index (χ4v) is 3.19. The highest BCUT2D eigenvalue weighted by Gasteiger charge is 2.21. The Morgan fingerprint density at radius 2 is 1.70 bits per heavy atom. The Morgan fingerprint density at radius 3 is 2.21 bits per heavy atom. The second-order valence-corrected chi connectivity index (χ2v) is 7.77. The van der Waals surface area contributed by atoms with Crippen LogP contribution in [0.3, 0.4) is 0 Å². The number of nitrogens with zero attached hydrogens (tertiary/aromatic N) is 6. The number of aryl methyl sites for hydroxylation is 2. The molecule has 0 saturated carbocycles. The average molecular weight is 458 g/mol. The molecule has 33 heavy (non-hydrogen) atoms. The zero-order chi connectivity index (χ0) is 24.0. The molecule has 4 aromatic rings. The highest BCUT2D eigenvalue weighted by molar-refractivity contribution is 5.63. The van der Waals surface area contributed by atoms with Crippen molar-refractivity contribution in [3.05, 3.63) is 59.8 Å². The zero-order valence-corrected chi connectivity index (χ0v) is 19.6. The van der Waals surface area contributed by atoms with Gasteiger partial charge in [-0.05, 0) is 38.0 Å². The minimum Gasteiger partial charge on any atom is -0.494 e. The Hall–Kier alpha value is -3.82. The number of methoxy groups -OCH3 is 2. The largest absolute Gasteiger partial charge is 0.494 e. The highest BCUT2D eigenvalue weighted by Crippen LogP contribution is 2.35. The summed E-state index contributed by atoms with van der Waals surface area (Å²) >= 11 is 0. The molecule has 0 radical (unpaired) electrons. The van der Waals surface area contributed by atoms with Gasteiger partial charge in [-0.3, -0.25) is 9.67 Å². The molecule has 9 nitrogen and oxygen atoms in total. The van der Waals surface area contributed by atoms with Gasteiger partial charge in [-0.25, -0.2) is 14.4 Å². The number of benzene rings is 1. The van der Waals surface area contributed by atoms with Gasteiger partial charge in [0, 0.05) is 15.0 Å². The number of hydrogen-bond donors (Lipinski definition) is 1. The van der Waals surface area contributed by atoms with E-state index < -0.39 is 0 Å². The summed E-state index contributed by atoms with van der Waals surface area (Å²) in [6.07, 6.45) is 3.20. The average Bonchev–Trinajstić information content (AvgIpc) is 3.40. The SMILES string of the molecule is CC(C)Cc1ncc(F)cn1.COc1cccc(OC)c1-n1c(C)nnc1-c1cc(C)[nH]n1.[HH].[HH]. The van der Waals surface area contributed by atoms with Crippen molar-refractivity contribution in [2.45, 2.75) is 34.1 Å². The first-order valence-corrected chi connectivity index (χ1v) is 10.5. The molecule has 10 heteroatoms. The molecule has 0 spiro atoms. The van der Waals surface area contributed by atoms with Crippen LogP contribution in [-0.4, -0.2) is 49.1 Å². The Kier molecular flexibility index (Phi) is 7.70. The number of aromatic nitrogens is 7. The second-order valence-electron chi connectivity index (χ2n) is 7.77. The van der Waals surface area contributed by atoms with Crippen molar-refractivity contribution in [1.82, 2.24) is 34.9 Å². The number of para-hydroxylation sites is 1. The lowest BCUT2D eigenvalue weighted by molar-refractivity contribution is 0.391. The molecule has 0 saturated heterocycles. The van der Waals surface area contributed by atoms with Crippen LogP contribution in [0.2, 0.25) is 0 Å². The predicted octanol–water partition coefficient (Wildman–Crippen LogP) is 4.60. The summed E-state index contributed by atoms with van der Waals surface area (Å²) in [6.45, 7) is 7.97. The van der Waals surface area contributed by atoms with E-state index in [4.69, 9.17) is 9.47 Å². The van der Waals surface area contributed by atoms with Crippen molar-refractivity contribution in [1.29, 1.82) is 0 Å². The number of aromatic amines is 1. The first-order chi connectivity index (χ1) is 15.8. The van der Waals surface area contributed by atoms with Gasteiger partial charge in [0.1, 0.15) is 34.5 Å². The number of rotatable bonds is 6.